The summed E-state index contributed by atoms with van der Waals surface area (Å²) in [5.41, 5.74) is 3.78. The predicted octanol–water partition coefficient (Wildman–Crippen LogP) is 4.00. The van der Waals surface area contributed by atoms with Crippen molar-refractivity contribution in [1.29, 1.82) is 5.26 Å². The van der Waals surface area contributed by atoms with Crippen LogP contribution in [0.3, 0.4) is 0 Å². The standard InChI is InChI=1S/C17H14N4OS2/c1-9-2-4-11-12(8-18)17(23-15(11)6-9)19-16(22)10-3-5-13-14(7-10)21-24-20-13/h3,5,7,9H,2,4,6H2,1H3,(H,19,22). The number of hydrogen-bond donors (Lipinski definition) is 1. The number of hydrogen-bond acceptors (Lipinski definition) is 6. The lowest BCUT2D eigenvalue weighted by molar-refractivity contribution is 0.102. The smallest absolute Gasteiger partial charge is 0.256 e. The Morgan fingerprint density at radius 1 is 1.38 bits per heavy atom. The van der Waals surface area contributed by atoms with Gasteiger partial charge in [-0.3, -0.25) is 4.79 Å². The van der Waals surface area contributed by atoms with Crippen molar-refractivity contribution in [3.63, 3.8) is 0 Å². The van der Waals surface area contributed by atoms with E-state index in [1.807, 2.05) is 0 Å². The van der Waals surface area contributed by atoms with E-state index in [1.54, 1.807) is 18.2 Å². The van der Waals surface area contributed by atoms with Crippen LogP contribution in [0.15, 0.2) is 18.2 Å². The Hall–Kier alpha value is -2.30. The Balaban J connectivity index is 1.65. The van der Waals surface area contributed by atoms with Gasteiger partial charge in [-0.25, -0.2) is 0 Å². The molecule has 1 aromatic carbocycles. The fourth-order valence-electron chi connectivity index (χ4n) is 3.06. The van der Waals surface area contributed by atoms with Gasteiger partial charge in [-0.15, -0.1) is 11.3 Å². The zero-order chi connectivity index (χ0) is 16.7. The molecule has 24 heavy (non-hydrogen) atoms. The van der Waals surface area contributed by atoms with Crippen molar-refractivity contribution >= 4 is 45.0 Å². The molecule has 1 aliphatic rings. The molecule has 1 aliphatic carbocycles. The van der Waals surface area contributed by atoms with Gasteiger partial charge in [0.05, 0.1) is 17.3 Å². The highest BCUT2D eigenvalue weighted by molar-refractivity contribution is 7.16. The number of thiophene rings is 1. The van der Waals surface area contributed by atoms with E-state index in [9.17, 15) is 10.1 Å². The van der Waals surface area contributed by atoms with Gasteiger partial charge in [-0.05, 0) is 48.9 Å². The molecular weight excluding hydrogens is 340 g/mol. The number of benzene rings is 1. The van der Waals surface area contributed by atoms with Crippen molar-refractivity contribution in [2.45, 2.75) is 26.2 Å². The lowest BCUT2D eigenvalue weighted by Gasteiger charge is -2.17. The second-order valence-electron chi connectivity index (χ2n) is 6.09. The third-order valence-electron chi connectivity index (χ3n) is 4.37. The first kappa shape index (κ1) is 15.2. The van der Waals surface area contributed by atoms with Crippen LogP contribution in [0.1, 0.15) is 39.7 Å². The van der Waals surface area contributed by atoms with Gasteiger partial charge >= 0.3 is 0 Å². The molecule has 1 N–H and O–H groups in total. The van der Waals surface area contributed by atoms with Gasteiger partial charge in [0, 0.05) is 10.4 Å². The number of rotatable bonds is 2. The number of anilines is 1. The van der Waals surface area contributed by atoms with Gasteiger partial charge in [0.1, 0.15) is 22.1 Å². The molecule has 1 atom stereocenters. The fourth-order valence-corrected chi connectivity index (χ4v) is 4.93. The second-order valence-corrected chi connectivity index (χ2v) is 7.72. The SMILES string of the molecule is CC1CCc2c(sc(NC(=O)c3ccc4nsnc4c3)c2C#N)C1. The van der Waals surface area contributed by atoms with Gasteiger partial charge in [0.2, 0.25) is 0 Å². The average molecular weight is 354 g/mol. The van der Waals surface area contributed by atoms with Gasteiger partial charge in [-0.2, -0.15) is 14.0 Å². The molecule has 1 amide bonds. The molecular formula is C17H14N4OS2. The third kappa shape index (κ3) is 2.58. The average Bonchev–Trinajstić information content (AvgIpc) is 3.17. The molecule has 0 spiro atoms. The highest BCUT2D eigenvalue weighted by Gasteiger charge is 2.24. The molecule has 5 nitrogen and oxygen atoms in total. The first-order valence-electron chi connectivity index (χ1n) is 7.74. The molecule has 3 aromatic rings. The lowest BCUT2D eigenvalue weighted by atomic mass is 9.88. The summed E-state index contributed by atoms with van der Waals surface area (Å²) in [6.45, 7) is 2.23. The van der Waals surface area contributed by atoms with Crippen LogP contribution >= 0.6 is 23.1 Å². The van der Waals surface area contributed by atoms with Gasteiger partial charge in [0.15, 0.2) is 0 Å². The van der Waals surface area contributed by atoms with Crippen LogP contribution in [0.25, 0.3) is 11.0 Å². The van der Waals surface area contributed by atoms with E-state index in [0.29, 0.717) is 27.6 Å². The van der Waals surface area contributed by atoms with E-state index in [4.69, 9.17) is 0 Å². The Labute approximate surface area is 147 Å². The maximum Gasteiger partial charge on any atom is 0.256 e. The van der Waals surface area contributed by atoms with Crippen molar-refractivity contribution in [2.75, 3.05) is 5.32 Å². The molecule has 1 unspecified atom stereocenters. The van der Waals surface area contributed by atoms with Gasteiger partial charge in [-0.1, -0.05) is 6.92 Å². The predicted molar refractivity (Wildman–Crippen MR) is 95.6 cm³/mol. The lowest BCUT2D eigenvalue weighted by Crippen LogP contribution is -2.12. The van der Waals surface area contributed by atoms with Crippen molar-refractivity contribution in [2.24, 2.45) is 5.92 Å². The zero-order valence-electron chi connectivity index (χ0n) is 13.0. The zero-order valence-corrected chi connectivity index (χ0v) is 14.6. The normalized spacial score (nSPS) is 16.6. The van der Waals surface area contributed by atoms with Gasteiger partial charge < -0.3 is 5.32 Å². The summed E-state index contributed by atoms with van der Waals surface area (Å²) in [6, 6.07) is 7.54. The monoisotopic (exact) mass is 354 g/mol. The molecule has 0 saturated heterocycles. The number of carbonyl (C=O) groups is 1. The Morgan fingerprint density at radius 2 is 2.21 bits per heavy atom. The van der Waals surface area contributed by atoms with E-state index in [-0.39, 0.29) is 5.91 Å². The topological polar surface area (TPSA) is 78.7 Å². The highest BCUT2D eigenvalue weighted by Crippen LogP contribution is 2.39. The summed E-state index contributed by atoms with van der Waals surface area (Å²) in [4.78, 5) is 13.8. The van der Waals surface area contributed by atoms with Crippen LogP contribution in [0.5, 0.6) is 0 Å². The Kier molecular flexibility index (Phi) is 3.79. The summed E-state index contributed by atoms with van der Waals surface area (Å²) >= 11 is 2.67. The summed E-state index contributed by atoms with van der Waals surface area (Å²) in [5, 5.41) is 13.1. The molecule has 0 radical (unpaired) electrons. The molecule has 4 rings (SSSR count). The van der Waals surface area contributed by atoms with Crippen molar-refractivity contribution < 1.29 is 4.79 Å². The summed E-state index contributed by atoms with van der Waals surface area (Å²) in [6.07, 6.45) is 3.00. The minimum Gasteiger partial charge on any atom is -0.312 e. The van der Waals surface area contributed by atoms with Crippen LogP contribution in [-0.2, 0) is 12.8 Å². The maximum atomic E-state index is 12.6. The maximum absolute atomic E-state index is 12.6. The number of fused-ring (bicyclic) bond motifs is 2. The van der Waals surface area contributed by atoms with Crippen molar-refractivity contribution in [3.05, 3.63) is 39.8 Å². The first-order chi connectivity index (χ1) is 11.7. The molecule has 0 bridgehead atoms. The highest BCUT2D eigenvalue weighted by atomic mass is 32.1. The summed E-state index contributed by atoms with van der Waals surface area (Å²) < 4.78 is 8.30. The second kappa shape index (κ2) is 5.96. The number of amides is 1. The van der Waals surface area contributed by atoms with Crippen LogP contribution < -0.4 is 5.32 Å². The van der Waals surface area contributed by atoms with Crippen LogP contribution in [0, 0.1) is 17.2 Å². The fraction of sp³-hybridized carbons (Fsp3) is 0.294. The minimum atomic E-state index is -0.215. The Bertz CT molecular complexity index is 982. The van der Waals surface area contributed by atoms with Crippen LogP contribution in [0.2, 0.25) is 0 Å². The number of aromatic nitrogens is 2. The molecule has 7 heteroatoms. The van der Waals surface area contributed by atoms with E-state index in [0.717, 1.165) is 42.1 Å². The molecule has 2 aromatic heterocycles. The molecule has 0 saturated carbocycles. The molecule has 120 valence electrons. The minimum absolute atomic E-state index is 0.215. The van der Waals surface area contributed by atoms with E-state index in [1.165, 1.54) is 16.2 Å². The van der Waals surface area contributed by atoms with Crippen LogP contribution in [0.4, 0.5) is 5.00 Å². The van der Waals surface area contributed by atoms with Crippen molar-refractivity contribution in [1.82, 2.24) is 8.75 Å². The van der Waals surface area contributed by atoms with E-state index < -0.39 is 0 Å². The third-order valence-corrected chi connectivity index (χ3v) is 6.09. The number of carbonyl (C=O) groups excluding carboxylic acids is 1. The number of nitrogens with zero attached hydrogens (tertiary/aromatic N) is 3. The molecule has 2 heterocycles. The molecule has 0 aliphatic heterocycles. The summed E-state index contributed by atoms with van der Waals surface area (Å²) in [5.74, 6) is 0.416. The molecule has 0 fully saturated rings. The van der Waals surface area contributed by atoms with Crippen molar-refractivity contribution in [3.8, 4) is 6.07 Å². The van der Waals surface area contributed by atoms with E-state index in [2.05, 4.69) is 27.1 Å². The first-order valence-corrected chi connectivity index (χ1v) is 9.28. The summed E-state index contributed by atoms with van der Waals surface area (Å²) in [7, 11) is 0. The largest absolute Gasteiger partial charge is 0.312 e. The number of nitriles is 1. The Morgan fingerprint density at radius 3 is 3.04 bits per heavy atom. The van der Waals surface area contributed by atoms with Gasteiger partial charge in [0.25, 0.3) is 5.91 Å². The number of nitrogens with one attached hydrogen (secondary N) is 1. The quantitative estimate of drug-likeness (QED) is 0.754. The van der Waals surface area contributed by atoms with E-state index >= 15 is 0 Å². The van der Waals surface area contributed by atoms with Crippen LogP contribution in [-0.4, -0.2) is 14.7 Å².